The number of primary amides is 2. The number of carboxylic acids is 3. The standard InChI is InChI=1S/C13H13NO2.C13H15NO.C11H15NO.C11H14O2.C10H14N2O.C10H13NO2/c1-8(2)10-5-3-4-9-6-7-11(13(15)16)14-12(9)10;1-9(2)8-11-7-6-10-4-3-5-12(15)13(10)14-11;2*1-8(2)7-9-5-3-4-6-10(9)11(12)13;1-7(2)6-8-4-3-5-9(12-8)10(11)13;1-7(2)6-8-4-3-5-9(11-8)10(12)13/h3-8H,1-2H3,(H,15,16);3-7,9,15H,8H2,1-2H3;3-6,8H,7H2,1-2H3,(H2,12,13);3-6,8H,7H2,1-2H3,(H,12,13);3-5,7H,6H2,1-2H3,(H2,11,13);3-5,7H,6H2,1-2H3,(H,12,13). The molecule has 0 fully saturated rings. The van der Waals surface area contributed by atoms with Gasteiger partial charge >= 0.3 is 17.9 Å². The number of benzene rings is 4. The molecule has 4 aromatic carbocycles. The lowest BCUT2D eigenvalue weighted by molar-refractivity contribution is 0.0680. The fraction of sp³-hybridized carbons (Fsp3) is 0.338. The number of aromatic hydroxyl groups is 1. The van der Waals surface area contributed by atoms with Gasteiger partial charge in [0.1, 0.15) is 28.3 Å². The normalized spacial score (nSPS) is 10.6. The van der Waals surface area contributed by atoms with Gasteiger partial charge in [-0.3, -0.25) is 9.59 Å². The number of nitrogens with two attached hydrogens (primary N) is 2. The topological polar surface area (TPSA) is 270 Å². The number of aromatic carboxylic acids is 3. The maximum absolute atomic E-state index is 11.0. The van der Waals surface area contributed by atoms with Crippen molar-refractivity contribution in [3.63, 3.8) is 0 Å². The molecule has 8 rings (SSSR count). The van der Waals surface area contributed by atoms with Gasteiger partial charge in [-0.25, -0.2) is 34.3 Å². The van der Waals surface area contributed by atoms with Gasteiger partial charge in [-0.15, -0.1) is 0 Å². The van der Waals surface area contributed by atoms with Crippen LogP contribution in [0.1, 0.15) is 175 Å². The summed E-state index contributed by atoms with van der Waals surface area (Å²) in [6.45, 7) is 25.3. The number of hydrogen-bond donors (Lipinski definition) is 6. The number of hydrogen-bond acceptors (Lipinski definition) is 10. The zero-order valence-corrected chi connectivity index (χ0v) is 50.1. The second kappa shape index (κ2) is 34.4. The summed E-state index contributed by atoms with van der Waals surface area (Å²) < 4.78 is 0. The molecule has 4 heterocycles. The predicted molar refractivity (Wildman–Crippen MR) is 331 cm³/mol. The van der Waals surface area contributed by atoms with Crippen molar-refractivity contribution in [3.05, 3.63) is 208 Å². The average molecular weight is 1130 g/mol. The SMILES string of the molecule is CC(C)Cc1ccc2cccc(O)c2n1.CC(C)Cc1cccc(C(=O)O)n1.CC(C)Cc1cccc(C(N)=O)n1.CC(C)Cc1ccccc1C(=O)O.CC(C)Cc1ccccc1C(N)=O.CC(C)c1cccc2ccc(C(=O)O)nc12. The number of aromatic nitrogens is 4. The van der Waals surface area contributed by atoms with Gasteiger partial charge in [0, 0.05) is 33.4 Å². The smallest absolute Gasteiger partial charge is 0.354 e. The highest BCUT2D eigenvalue weighted by Crippen LogP contribution is 2.25. The molecule has 0 radical (unpaired) electrons. The Hall–Kier alpha value is -8.85. The number of phenolic OH excluding ortho intramolecular Hbond substituents is 1. The van der Waals surface area contributed by atoms with Crippen molar-refractivity contribution < 1.29 is 44.4 Å². The fourth-order valence-corrected chi connectivity index (χ4v) is 8.46. The van der Waals surface area contributed by atoms with Crippen LogP contribution in [0.25, 0.3) is 21.8 Å². The van der Waals surface area contributed by atoms with Crippen molar-refractivity contribution in [1.82, 2.24) is 19.9 Å². The van der Waals surface area contributed by atoms with Crippen LogP contribution in [0, 0.1) is 29.6 Å². The maximum atomic E-state index is 11.0. The van der Waals surface area contributed by atoms with Crippen LogP contribution < -0.4 is 11.5 Å². The quantitative estimate of drug-likeness (QED) is 0.0526. The van der Waals surface area contributed by atoms with Gasteiger partial charge in [0.05, 0.1) is 11.1 Å². The number of amides is 2. The second-order valence-electron chi connectivity index (χ2n) is 22.4. The Kier molecular flexibility index (Phi) is 28.4. The fourth-order valence-electron chi connectivity index (χ4n) is 8.46. The first kappa shape index (κ1) is 68.4. The van der Waals surface area contributed by atoms with E-state index < -0.39 is 23.8 Å². The highest BCUT2D eigenvalue weighted by atomic mass is 16.4. The molecule has 83 heavy (non-hydrogen) atoms. The molecular weight excluding hydrogens is 1040 g/mol. The molecule has 0 spiro atoms. The predicted octanol–water partition coefficient (Wildman–Crippen LogP) is 14.1. The molecule has 440 valence electrons. The molecule has 0 unspecified atom stereocenters. The number of phenols is 1. The molecule has 8 N–H and O–H groups in total. The number of carbonyl (C=O) groups excluding carboxylic acids is 2. The summed E-state index contributed by atoms with van der Waals surface area (Å²) in [5.74, 6) is -0.350. The van der Waals surface area contributed by atoms with Crippen molar-refractivity contribution in [2.24, 2.45) is 41.1 Å². The van der Waals surface area contributed by atoms with Crippen LogP contribution in [-0.2, 0) is 32.1 Å². The first-order chi connectivity index (χ1) is 39.2. The van der Waals surface area contributed by atoms with Crippen LogP contribution in [-0.4, -0.2) is 70.1 Å². The van der Waals surface area contributed by atoms with Crippen molar-refractivity contribution in [2.45, 2.75) is 121 Å². The molecule has 2 amide bonds. The third-order valence-corrected chi connectivity index (χ3v) is 12.1. The van der Waals surface area contributed by atoms with Crippen LogP contribution in [0.4, 0.5) is 0 Å². The van der Waals surface area contributed by atoms with Crippen molar-refractivity contribution in [1.29, 1.82) is 0 Å². The molecule has 0 atom stereocenters. The number of carboxylic acid groups (broad SMARTS) is 3. The first-order valence-electron chi connectivity index (χ1n) is 28.0. The van der Waals surface area contributed by atoms with E-state index in [0.29, 0.717) is 57.8 Å². The summed E-state index contributed by atoms with van der Waals surface area (Å²) in [6.07, 6.45) is 4.37. The van der Waals surface area contributed by atoms with E-state index in [1.165, 1.54) is 12.1 Å². The van der Waals surface area contributed by atoms with Gasteiger partial charge in [0.25, 0.3) is 5.91 Å². The summed E-state index contributed by atoms with van der Waals surface area (Å²) in [4.78, 5) is 70.9. The number of carbonyl (C=O) groups is 5. The van der Waals surface area contributed by atoms with E-state index >= 15 is 0 Å². The monoisotopic (exact) mass is 1130 g/mol. The minimum atomic E-state index is -0.986. The zero-order valence-electron chi connectivity index (χ0n) is 50.1. The van der Waals surface area contributed by atoms with Crippen LogP contribution in [0.2, 0.25) is 0 Å². The van der Waals surface area contributed by atoms with Crippen LogP contribution in [0.3, 0.4) is 0 Å². The largest absolute Gasteiger partial charge is 0.506 e. The Balaban J connectivity index is 0.000000262. The molecule has 0 bridgehead atoms. The Morgan fingerprint density at radius 3 is 1.25 bits per heavy atom. The van der Waals surface area contributed by atoms with Gasteiger partial charge in [0.15, 0.2) is 0 Å². The van der Waals surface area contributed by atoms with Crippen molar-refractivity contribution >= 4 is 51.5 Å². The Morgan fingerprint density at radius 1 is 0.373 bits per heavy atom. The second-order valence-corrected chi connectivity index (χ2v) is 22.4. The molecule has 15 heteroatoms. The summed E-state index contributed by atoms with van der Waals surface area (Å²) in [5.41, 5.74) is 19.4. The Morgan fingerprint density at radius 2 is 0.783 bits per heavy atom. The van der Waals surface area contributed by atoms with Gasteiger partial charge in [-0.1, -0.05) is 174 Å². The Labute approximate surface area is 489 Å². The van der Waals surface area contributed by atoms with Crippen LogP contribution in [0.15, 0.2) is 146 Å². The van der Waals surface area contributed by atoms with Gasteiger partial charge in [0.2, 0.25) is 5.91 Å². The minimum absolute atomic E-state index is 0.0978. The van der Waals surface area contributed by atoms with Gasteiger partial charge in [-0.2, -0.15) is 0 Å². The summed E-state index contributed by atoms with van der Waals surface area (Å²) >= 11 is 0. The van der Waals surface area contributed by atoms with Crippen molar-refractivity contribution in [3.8, 4) is 5.75 Å². The highest BCUT2D eigenvalue weighted by Gasteiger charge is 2.13. The lowest BCUT2D eigenvalue weighted by Gasteiger charge is -2.09. The number of nitrogens with zero attached hydrogens (tertiary/aromatic N) is 4. The third kappa shape index (κ3) is 24.4. The average Bonchev–Trinajstić information content (AvgIpc) is 3.57. The lowest BCUT2D eigenvalue weighted by atomic mass is 9.98. The van der Waals surface area contributed by atoms with E-state index in [1.54, 1.807) is 42.5 Å². The summed E-state index contributed by atoms with van der Waals surface area (Å²) in [5, 5.41) is 38.1. The molecule has 15 nitrogen and oxygen atoms in total. The zero-order chi connectivity index (χ0) is 61.9. The van der Waals surface area contributed by atoms with E-state index in [4.69, 9.17) is 26.8 Å². The summed E-state index contributed by atoms with van der Waals surface area (Å²) in [7, 11) is 0. The Bertz CT molecular complexity index is 3260. The molecule has 0 saturated carbocycles. The van der Waals surface area contributed by atoms with E-state index in [0.717, 1.165) is 82.2 Å². The van der Waals surface area contributed by atoms with Gasteiger partial charge in [-0.05, 0) is 139 Å². The summed E-state index contributed by atoms with van der Waals surface area (Å²) in [6, 6.07) is 43.9. The molecule has 0 aliphatic rings. The highest BCUT2D eigenvalue weighted by molar-refractivity contribution is 5.94. The van der Waals surface area contributed by atoms with Crippen LogP contribution in [0.5, 0.6) is 5.75 Å². The molecule has 8 aromatic rings. The molecule has 0 aliphatic heterocycles. The van der Waals surface area contributed by atoms with Gasteiger partial charge < -0.3 is 31.9 Å². The molecule has 0 aliphatic carbocycles. The molecule has 4 aromatic heterocycles. The first-order valence-corrected chi connectivity index (χ1v) is 28.0. The number of fused-ring (bicyclic) bond motifs is 2. The third-order valence-electron chi connectivity index (χ3n) is 12.1. The molecular formula is C68H84N6O9. The lowest BCUT2D eigenvalue weighted by Crippen LogP contribution is -2.14. The van der Waals surface area contributed by atoms with E-state index in [9.17, 15) is 29.1 Å². The maximum Gasteiger partial charge on any atom is 0.354 e. The minimum Gasteiger partial charge on any atom is -0.506 e. The van der Waals surface area contributed by atoms with Crippen molar-refractivity contribution in [2.75, 3.05) is 0 Å². The number of pyridine rings is 4. The number of para-hydroxylation sites is 2. The van der Waals surface area contributed by atoms with E-state index in [2.05, 4.69) is 103 Å². The number of rotatable bonds is 16. The molecule has 0 saturated heterocycles. The van der Waals surface area contributed by atoms with Crippen LogP contribution >= 0.6 is 0 Å². The van der Waals surface area contributed by atoms with E-state index in [1.807, 2.05) is 91.0 Å². The van der Waals surface area contributed by atoms with E-state index in [-0.39, 0.29) is 23.0 Å².